The molecule has 19 heavy (non-hydrogen) atoms. The molecule has 1 unspecified atom stereocenters. The summed E-state index contributed by atoms with van der Waals surface area (Å²) in [6.07, 6.45) is 2.27. The van der Waals surface area contributed by atoms with Gasteiger partial charge in [0.1, 0.15) is 5.54 Å². The lowest BCUT2D eigenvalue weighted by molar-refractivity contribution is -0.160. The zero-order chi connectivity index (χ0) is 14.0. The van der Waals surface area contributed by atoms with Crippen LogP contribution in [0.15, 0.2) is 5.38 Å². The molecule has 3 N–H and O–H groups in total. The molecule has 1 aromatic heterocycles. The van der Waals surface area contributed by atoms with Crippen LogP contribution in [-0.2, 0) is 16.0 Å². The number of nitrogen functional groups attached to an aromatic ring is 1. The average molecular weight is 283 g/mol. The van der Waals surface area contributed by atoms with E-state index in [0.717, 1.165) is 12.8 Å². The van der Waals surface area contributed by atoms with Gasteiger partial charge in [-0.25, -0.2) is 9.78 Å². The summed E-state index contributed by atoms with van der Waals surface area (Å²) in [7, 11) is 0. The van der Waals surface area contributed by atoms with E-state index >= 15 is 0 Å². The number of aliphatic carboxylic acids is 1. The SMILES string of the molecule is CC1(C(=O)O)CCCCN1C(=O)Cc1csc(N)n1. The first-order valence-electron chi connectivity index (χ1n) is 6.17. The molecule has 104 valence electrons. The lowest BCUT2D eigenvalue weighted by atomic mass is 9.88. The summed E-state index contributed by atoms with van der Waals surface area (Å²) in [5.41, 5.74) is 5.02. The molecular weight excluding hydrogens is 266 g/mol. The van der Waals surface area contributed by atoms with Gasteiger partial charge in [0, 0.05) is 11.9 Å². The van der Waals surface area contributed by atoms with E-state index in [2.05, 4.69) is 4.98 Å². The normalized spacial score (nSPS) is 23.3. The topological polar surface area (TPSA) is 96.5 Å². The predicted octanol–water partition coefficient (Wildman–Crippen LogP) is 1.12. The van der Waals surface area contributed by atoms with Crippen LogP contribution < -0.4 is 5.73 Å². The highest BCUT2D eigenvalue weighted by Crippen LogP contribution is 2.29. The number of carboxylic acids is 1. The number of rotatable bonds is 3. The molecule has 0 aromatic carbocycles. The Kier molecular flexibility index (Phi) is 3.75. The molecule has 0 spiro atoms. The highest BCUT2D eigenvalue weighted by molar-refractivity contribution is 7.13. The Labute approximate surface area is 115 Å². The number of thiazole rings is 1. The summed E-state index contributed by atoms with van der Waals surface area (Å²) in [6, 6.07) is 0. The molecule has 1 fully saturated rings. The number of aromatic nitrogens is 1. The minimum atomic E-state index is -1.10. The van der Waals surface area contributed by atoms with Gasteiger partial charge in [-0.2, -0.15) is 0 Å². The molecule has 0 radical (unpaired) electrons. The third-order valence-corrected chi connectivity index (χ3v) is 4.28. The highest BCUT2D eigenvalue weighted by Gasteiger charge is 2.43. The van der Waals surface area contributed by atoms with Gasteiger partial charge in [-0.1, -0.05) is 0 Å². The quantitative estimate of drug-likeness (QED) is 0.866. The van der Waals surface area contributed by atoms with Gasteiger partial charge >= 0.3 is 5.97 Å². The molecule has 6 nitrogen and oxygen atoms in total. The van der Waals surface area contributed by atoms with Crippen molar-refractivity contribution < 1.29 is 14.7 Å². The number of amides is 1. The average Bonchev–Trinajstić information content (AvgIpc) is 2.75. The summed E-state index contributed by atoms with van der Waals surface area (Å²) in [4.78, 5) is 29.2. The number of nitrogens with zero attached hydrogens (tertiary/aromatic N) is 2. The molecule has 1 aliphatic heterocycles. The van der Waals surface area contributed by atoms with Crippen molar-refractivity contribution in [1.29, 1.82) is 0 Å². The molecule has 1 saturated heterocycles. The number of likely N-dealkylation sites (tertiary alicyclic amines) is 1. The van der Waals surface area contributed by atoms with Gasteiger partial charge in [0.15, 0.2) is 5.13 Å². The number of hydrogen-bond donors (Lipinski definition) is 2. The van der Waals surface area contributed by atoms with Crippen LogP contribution in [0.4, 0.5) is 5.13 Å². The van der Waals surface area contributed by atoms with Gasteiger partial charge in [-0.05, 0) is 26.2 Å². The van der Waals surface area contributed by atoms with Crippen molar-refractivity contribution in [3.05, 3.63) is 11.1 Å². The van der Waals surface area contributed by atoms with Crippen LogP contribution in [0, 0.1) is 0 Å². The maximum Gasteiger partial charge on any atom is 0.329 e. The van der Waals surface area contributed by atoms with E-state index < -0.39 is 11.5 Å². The molecular formula is C12H17N3O3S. The van der Waals surface area contributed by atoms with Crippen LogP contribution in [0.3, 0.4) is 0 Å². The van der Waals surface area contributed by atoms with Gasteiger partial charge in [-0.3, -0.25) is 4.79 Å². The van der Waals surface area contributed by atoms with Gasteiger partial charge < -0.3 is 15.7 Å². The van der Waals surface area contributed by atoms with Gasteiger partial charge in [0.05, 0.1) is 12.1 Å². The number of carboxylic acid groups (broad SMARTS) is 1. The molecule has 2 rings (SSSR count). The van der Waals surface area contributed by atoms with Crippen molar-refractivity contribution in [2.75, 3.05) is 12.3 Å². The monoisotopic (exact) mass is 283 g/mol. The minimum Gasteiger partial charge on any atom is -0.480 e. The van der Waals surface area contributed by atoms with Crippen LogP contribution in [0.5, 0.6) is 0 Å². The number of hydrogen-bond acceptors (Lipinski definition) is 5. The summed E-state index contributed by atoms with van der Waals surface area (Å²) >= 11 is 1.28. The van der Waals surface area contributed by atoms with Gasteiger partial charge in [0.25, 0.3) is 0 Å². The molecule has 1 aliphatic rings. The van der Waals surface area contributed by atoms with E-state index in [1.165, 1.54) is 16.2 Å². The standard InChI is InChI=1S/C12H17N3O3S/c1-12(10(17)18)4-2-3-5-15(12)9(16)6-8-7-19-11(13)14-8/h7H,2-6H2,1H3,(H2,13,14)(H,17,18). The Balaban J connectivity index is 2.14. The fraction of sp³-hybridized carbons (Fsp3) is 0.583. The van der Waals surface area contributed by atoms with Crippen LogP contribution in [-0.4, -0.2) is 39.0 Å². The van der Waals surface area contributed by atoms with Crippen molar-refractivity contribution in [2.24, 2.45) is 0 Å². The summed E-state index contributed by atoms with van der Waals surface area (Å²) in [6.45, 7) is 2.10. The fourth-order valence-electron chi connectivity index (χ4n) is 2.40. The number of nitrogens with two attached hydrogens (primary N) is 1. The minimum absolute atomic E-state index is 0.108. The first kappa shape index (κ1) is 13.8. The first-order valence-corrected chi connectivity index (χ1v) is 7.05. The number of carbonyl (C=O) groups is 2. The number of carbonyl (C=O) groups excluding carboxylic acids is 1. The van der Waals surface area contributed by atoms with Gasteiger partial charge in [-0.15, -0.1) is 11.3 Å². The molecule has 1 amide bonds. The molecule has 0 bridgehead atoms. The van der Waals surface area contributed by atoms with Crippen LogP contribution >= 0.6 is 11.3 Å². The van der Waals surface area contributed by atoms with E-state index in [1.807, 2.05) is 0 Å². The third-order valence-electron chi connectivity index (χ3n) is 3.55. The molecule has 7 heteroatoms. The lowest BCUT2D eigenvalue weighted by Gasteiger charge is -2.41. The van der Waals surface area contributed by atoms with Crippen LogP contribution in [0.25, 0.3) is 0 Å². The largest absolute Gasteiger partial charge is 0.480 e. The number of anilines is 1. The maximum absolute atomic E-state index is 12.3. The Morgan fingerprint density at radius 3 is 2.89 bits per heavy atom. The van der Waals surface area contributed by atoms with E-state index in [4.69, 9.17) is 5.73 Å². The molecule has 0 aliphatic carbocycles. The Bertz CT molecular complexity index is 502. The fourth-order valence-corrected chi connectivity index (χ4v) is 2.96. The first-order chi connectivity index (χ1) is 8.93. The second-order valence-corrected chi connectivity index (χ2v) is 5.83. The Morgan fingerprint density at radius 2 is 2.32 bits per heavy atom. The zero-order valence-corrected chi connectivity index (χ0v) is 11.6. The van der Waals surface area contributed by atoms with E-state index in [0.29, 0.717) is 23.8 Å². The summed E-state index contributed by atoms with van der Waals surface area (Å²) in [5, 5.41) is 11.5. The van der Waals surface area contributed by atoms with E-state index in [1.54, 1.807) is 12.3 Å². The van der Waals surface area contributed by atoms with E-state index in [-0.39, 0.29) is 12.3 Å². The van der Waals surface area contributed by atoms with Gasteiger partial charge in [0.2, 0.25) is 5.91 Å². The predicted molar refractivity (Wildman–Crippen MR) is 71.8 cm³/mol. The van der Waals surface area contributed by atoms with Crippen molar-refractivity contribution in [1.82, 2.24) is 9.88 Å². The van der Waals surface area contributed by atoms with Crippen molar-refractivity contribution in [3.63, 3.8) is 0 Å². The van der Waals surface area contributed by atoms with Crippen molar-refractivity contribution >= 4 is 28.3 Å². The van der Waals surface area contributed by atoms with Crippen molar-refractivity contribution in [3.8, 4) is 0 Å². The second kappa shape index (κ2) is 5.16. The zero-order valence-electron chi connectivity index (χ0n) is 10.8. The molecule has 1 aromatic rings. The molecule has 0 saturated carbocycles. The van der Waals surface area contributed by atoms with E-state index in [9.17, 15) is 14.7 Å². The second-order valence-electron chi connectivity index (χ2n) is 4.94. The molecule has 2 heterocycles. The lowest BCUT2D eigenvalue weighted by Crippen LogP contribution is -2.57. The van der Waals surface area contributed by atoms with Crippen LogP contribution in [0.1, 0.15) is 31.9 Å². The van der Waals surface area contributed by atoms with Crippen molar-refractivity contribution in [2.45, 2.75) is 38.1 Å². The highest BCUT2D eigenvalue weighted by atomic mass is 32.1. The van der Waals surface area contributed by atoms with Crippen LogP contribution in [0.2, 0.25) is 0 Å². The third kappa shape index (κ3) is 2.70. The summed E-state index contributed by atoms with van der Waals surface area (Å²) in [5.74, 6) is -1.15. The summed E-state index contributed by atoms with van der Waals surface area (Å²) < 4.78 is 0. The smallest absolute Gasteiger partial charge is 0.329 e. The molecule has 1 atom stereocenters. The Morgan fingerprint density at radius 1 is 1.58 bits per heavy atom. The Hall–Kier alpha value is -1.63. The number of piperidine rings is 1. The maximum atomic E-state index is 12.3.